The monoisotopic (exact) mass is 352 g/mol. The summed E-state index contributed by atoms with van der Waals surface area (Å²) in [5, 5.41) is 22.7. The molecule has 2 heterocycles. The van der Waals surface area contributed by atoms with Crippen LogP contribution in [-0.2, 0) is 9.59 Å². The molecule has 0 aromatic carbocycles. The van der Waals surface area contributed by atoms with E-state index in [0.29, 0.717) is 37.4 Å². The molecule has 3 N–H and O–H groups in total. The number of aliphatic imine (C=N–C) groups is 2. The second-order valence-corrected chi connectivity index (χ2v) is 6.11. The molecule has 10 heteroatoms. The summed E-state index contributed by atoms with van der Waals surface area (Å²) in [6, 6.07) is -0.721. The number of rotatable bonds is 9. The predicted octanol–water partition coefficient (Wildman–Crippen LogP) is -0.118. The zero-order valence-corrected chi connectivity index (χ0v) is 14.1. The summed E-state index contributed by atoms with van der Waals surface area (Å²) in [7, 11) is 0. The molecule has 0 fully saturated rings. The molecule has 2 aliphatic rings. The predicted molar refractivity (Wildman–Crippen MR) is 92.3 cm³/mol. The van der Waals surface area contributed by atoms with Gasteiger partial charge in [-0.25, -0.2) is 0 Å². The van der Waals surface area contributed by atoms with Crippen molar-refractivity contribution >= 4 is 36.0 Å². The summed E-state index contributed by atoms with van der Waals surface area (Å²) in [6.45, 7) is 0.935. The molecular weight excluding hydrogens is 332 g/mol. The van der Waals surface area contributed by atoms with E-state index in [4.69, 9.17) is 0 Å². The highest BCUT2D eigenvalue weighted by molar-refractivity contribution is 7.98. The van der Waals surface area contributed by atoms with Crippen LogP contribution in [0.2, 0.25) is 0 Å². The first kappa shape index (κ1) is 18.3. The number of aliphatic hydroxyl groups is 1. The first-order valence-corrected chi connectivity index (χ1v) is 8.97. The van der Waals surface area contributed by atoms with E-state index in [1.165, 1.54) is 12.4 Å². The lowest BCUT2D eigenvalue weighted by Gasteiger charge is -2.18. The van der Waals surface area contributed by atoms with Crippen LogP contribution in [0.3, 0.4) is 0 Å². The van der Waals surface area contributed by atoms with Crippen LogP contribution in [0, 0.1) is 0 Å². The standard InChI is InChI=1S/C14H20N6O3S/c1-24-8-3-9(21)13(22)18-5-2-4-17-12-10-11(14(23)20-19-12)16-7-6-15-10/h6-7,9,11,17,21H,2-5,8H2,1H3,(H,18,22). The van der Waals surface area contributed by atoms with Crippen molar-refractivity contribution in [3.8, 4) is 0 Å². The third kappa shape index (κ3) is 4.96. The number of carbonyl (C=O) groups excluding carboxylic acids is 2. The van der Waals surface area contributed by atoms with Crippen LogP contribution in [-0.4, -0.2) is 66.6 Å². The number of thioether (sulfide) groups is 1. The average Bonchev–Trinajstić information content (AvgIpc) is 2.61. The summed E-state index contributed by atoms with van der Waals surface area (Å²) < 4.78 is 0. The van der Waals surface area contributed by atoms with Crippen molar-refractivity contribution in [2.75, 3.05) is 25.1 Å². The molecule has 0 spiro atoms. The van der Waals surface area contributed by atoms with Crippen molar-refractivity contribution in [1.29, 1.82) is 0 Å². The van der Waals surface area contributed by atoms with E-state index >= 15 is 0 Å². The third-order valence-corrected chi connectivity index (χ3v) is 3.99. The summed E-state index contributed by atoms with van der Waals surface area (Å²) in [5.41, 5.74) is 0.453. The molecule has 0 radical (unpaired) electrons. The Bertz CT molecular complexity index is 601. The van der Waals surface area contributed by atoms with E-state index in [-0.39, 0.29) is 5.91 Å². The quantitative estimate of drug-likeness (QED) is 0.499. The first-order chi connectivity index (χ1) is 11.6. The molecule has 0 bridgehead atoms. The van der Waals surface area contributed by atoms with Crippen LogP contribution >= 0.6 is 11.8 Å². The van der Waals surface area contributed by atoms with Crippen LogP contribution in [0.4, 0.5) is 0 Å². The number of aliphatic hydroxyl groups excluding tert-OH is 1. The Morgan fingerprint density at radius 3 is 3.00 bits per heavy atom. The maximum atomic E-state index is 11.6. The van der Waals surface area contributed by atoms with Gasteiger partial charge in [0.25, 0.3) is 5.91 Å². The number of amides is 2. The lowest BCUT2D eigenvalue weighted by atomic mass is 10.1. The molecule has 0 aliphatic carbocycles. The normalized spacial score (nSPS) is 20.1. The van der Waals surface area contributed by atoms with Crippen LogP contribution in [0.25, 0.3) is 0 Å². The summed E-state index contributed by atoms with van der Waals surface area (Å²) in [5.74, 6) is 0.357. The van der Waals surface area contributed by atoms with Crippen molar-refractivity contribution in [2.45, 2.75) is 25.0 Å². The number of azo groups is 1. The van der Waals surface area contributed by atoms with Gasteiger partial charge in [-0.3, -0.25) is 19.6 Å². The molecule has 2 amide bonds. The van der Waals surface area contributed by atoms with Crippen molar-refractivity contribution < 1.29 is 14.7 Å². The molecule has 2 rings (SSSR count). The number of fused-ring (bicyclic) bond motifs is 1. The minimum absolute atomic E-state index is 0.361. The topological polar surface area (TPSA) is 128 Å². The molecule has 0 saturated carbocycles. The summed E-state index contributed by atoms with van der Waals surface area (Å²) in [4.78, 5) is 31.4. The second kappa shape index (κ2) is 9.28. The maximum Gasteiger partial charge on any atom is 0.295 e. The van der Waals surface area contributed by atoms with E-state index in [2.05, 4.69) is 30.8 Å². The fourth-order valence-corrected chi connectivity index (χ4v) is 2.53. The summed E-state index contributed by atoms with van der Waals surface area (Å²) >= 11 is 1.58. The Morgan fingerprint density at radius 2 is 2.21 bits per heavy atom. The van der Waals surface area contributed by atoms with E-state index < -0.39 is 18.1 Å². The number of nitrogens with one attached hydrogen (secondary N) is 2. The molecule has 24 heavy (non-hydrogen) atoms. The Morgan fingerprint density at radius 1 is 1.38 bits per heavy atom. The van der Waals surface area contributed by atoms with Crippen LogP contribution in [0.5, 0.6) is 0 Å². The van der Waals surface area contributed by atoms with Gasteiger partial charge in [-0.05, 0) is 24.9 Å². The van der Waals surface area contributed by atoms with Gasteiger partial charge in [0, 0.05) is 25.5 Å². The molecular formula is C14H20N6O3S. The fourth-order valence-electron chi connectivity index (χ4n) is 2.07. The van der Waals surface area contributed by atoms with E-state index in [1.807, 2.05) is 6.26 Å². The van der Waals surface area contributed by atoms with Crippen LogP contribution in [0.1, 0.15) is 12.8 Å². The van der Waals surface area contributed by atoms with Gasteiger partial charge < -0.3 is 15.7 Å². The molecule has 0 aromatic heterocycles. The molecule has 2 aliphatic heterocycles. The smallest absolute Gasteiger partial charge is 0.295 e. The molecule has 2 unspecified atom stereocenters. The van der Waals surface area contributed by atoms with Gasteiger partial charge in [-0.1, -0.05) is 0 Å². The molecule has 2 atom stereocenters. The minimum Gasteiger partial charge on any atom is -0.383 e. The first-order valence-electron chi connectivity index (χ1n) is 7.57. The Labute approximate surface area is 143 Å². The Kier molecular flexibility index (Phi) is 7.07. The number of hydrogen-bond acceptors (Lipinski definition) is 8. The second-order valence-electron chi connectivity index (χ2n) is 5.12. The number of carbonyl (C=O) groups is 2. The number of nitrogens with zero attached hydrogens (tertiary/aromatic N) is 4. The van der Waals surface area contributed by atoms with Gasteiger partial charge in [0.15, 0.2) is 11.9 Å². The lowest BCUT2D eigenvalue weighted by molar-refractivity contribution is -0.129. The van der Waals surface area contributed by atoms with Gasteiger partial charge in [0.05, 0.1) is 0 Å². The van der Waals surface area contributed by atoms with Crippen LogP contribution in [0.15, 0.2) is 31.7 Å². The lowest BCUT2D eigenvalue weighted by Crippen LogP contribution is -2.36. The van der Waals surface area contributed by atoms with E-state index in [9.17, 15) is 14.7 Å². The van der Waals surface area contributed by atoms with Gasteiger partial charge >= 0.3 is 0 Å². The molecule has 130 valence electrons. The zero-order valence-electron chi connectivity index (χ0n) is 13.3. The summed E-state index contributed by atoms with van der Waals surface area (Å²) in [6.07, 6.45) is 4.98. The van der Waals surface area contributed by atoms with Gasteiger partial charge in [0.1, 0.15) is 11.8 Å². The largest absolute Gasteiger partial charge is 0.383 e. The fraction of sp³-hybridized carbons (Fsp3) is 0.571. The number of hydrogen-bond donors (Lipinski definition) is 3. The molecule has 0 aromatic rings. The Hall–Kier alpha value is -2.07. The highest BCUT2D eigenvalue weighted by atomic mass is 32.2. The zero-order chi connectivity index (χ0) is 17.4. The van der Waals surface area contributed by atoms with Crippen molar-refractivity contribution in [2.24, 2.45) is 20.2 Å². The highest BCUT2D eigenvalue weighted by Crippen LogP contribution is 2.21. The van der Waals surface area contributed by atoms with E-state index in [0.717, 1.165) is 5.75 Å². The van der Waals surface area contributed by atoms with Crippen LogP contribution < -0.4 is 10.6 Å². The van der Waals surface area contributed by atoms with E-state index in [1.54, 1.807) is 11.8 Å². The van der Waals surface area contributed by atoms with Gasteiger partial charge in [-0.2, -0.15) is 11.8 Å². The molecule has 0 saturated heterocycles. The molecule has 9 nitrogen and oxygen atoms in total. The Balaban J connectivity index is 1.72. The van der Waals surface area contributed by atoms with Gasteiger partial charge in [0.2, 0.25) is 5.91 Å². The van der Waals surface area contributed by atoms with Crippen molar-refractivity contribution in [3.63, 3.8) is 0 Å². The highest BCUT2D eigenvalue weighted by Gasteiger charge is 2.29. The SMILES string of the molecule is CSCCC(O)C(=O)NCCCNC1=C2N=CC=NC2C(=O)N=N1. The third-order valence-electron chi connectivity index (χ3n) is 3.34. The van der Waals surface area contributed by atoms with Crippen molar-refractivity contribution in [3.05, 3.63) is 11.5 Å². The average molecular weight is 352 g/mol. The maximum absolute atomic E-state index is 11.6. The minimum atomic E-state index is -0.969. The van der Waals surface area contributed by atoms with Crippen molar-refractivity contribution in [1.82, 2.24) is 10.6 Å². The van der Waals surface area contributed by atoms with Gasteiger partial charge in [-0.15, -0.1) is 10.2 Å².